The lowest BCUT2D eigenvalue weighted by atomic mass is 9.90. The summed E-state index contributed by atoms with van der Waals surface area (Å²) in [6.07, 6.45) is 1.72. The maximum atomic E-state index is 11.4. The van der Waals surface area contributed by atoms with Crippen molar-refractivity contribution in [1.82, 2.24) is 4.90 Å². The lowest BCUT2D eigenvalue weighted by Gasteiger charge is -2.39. The van der Waals surface area contributed by atoms with Gasteiger partial charge in [-0.2, -0.15) is 0 Å². The molecule has 0 radical (unpaired) electrons. The molecule has 1 amide bonds. The molecule has 0 atom stereocenters. The smallest absolute Gasteiger partial charge is 0.222 e. The molecule has 2 heteroatoms. The Balaban J connectivity index is 1.93. The van der Waals surface area contributed by atoms with Crippen molar-refractivity contribution < 1.29 is 4.79 Å². The molecule has 1 aromatic carbocycles. The predicted octanol–water partition coefficient (Wildman–Crippen LogP) is 2.58. The fourth-order valence-electron chi connectivity index (χ4n) is 2.14. The van der Waals surface area contributed by atoms with Crippen molar-refractivity contribution in [2.75, 3.05) is 13.1 Å². The highest BCUT2D eigenvalue weighted by molar-refractivity contribution is 5.77. The van der Waals surface area contributed by atoms with Gasteiger partial charge in [0.05, 0.1) is 0 Å². The number of rotatable bonds is 3. The molecule has 1 aliphatic rings. The van der Waals surface area contributed by atoms with E-state index in [1.54, 1.807) is 0 Å². The molecule has 0 N–H and O–H groups in total. The van der Waals surface area contributed by atoms with Crippen LogP contribution in [0.4, 0.5) is 0 Å². The Morgan fingerprint density at radius 2 is 1.88 bits per heavy atom. The maximum Gasteiger partial charge on any atom is 0.222 e. The molecule has 1 aromatic rings. The molecule has 0 saturated carbocycles. The van der Waals surface area contributed by atoms with Crippen molar-refractivity contribution in [2.45, 2.75) is 32.6 Å². The Morgan fingerprint density at radius 1 is 1.25 bits per heavy atom. The van der Waals surface area contributed by atoms with Crippen LogP contribution >= 0.6 is 0 Å². The highest BCUT2D eigenvalue weighted by Crippen LogP contribution is 2.27. The SMILES string of the molecule is CCC(=O)N1CC(c2ccc(CC)cc2)C1. The lowest BCUT2D eigenvalue weighted by molar-refractivity contribution is -0.135. The minimum absolute atomic E-state index is 0.279. The minimum Gasteiger partial charge on any atom is -0.341 e. The summed E-state index contributed by atoms with van der Waals surface area (Å²) in [5.74, 6) is 0.836. The second-order valence-electron chi connectivity index (χ2n) is 4.44. The summed E-state index contributed by atoms with van der Waals surface area (Å²) in [6.45, 7) is 5.89. The molecule has 1 fully saturated rings. The normalized spacial score (nSPS) is 16.0. The van der Waals surface area contributed by atoms with Gasteiger partial charge in [-0.1, -0.05) is 38.1 Å². The van der Waals surface area contributed by atoms with E-state index >= 15 is 0 Å². The number of carbonyl (C=O) groups excluding carboxylic acids is 1. The van der Waals surface area contributed by atoms with Crippen LogP contribution in [0.2, 0.25) is 0 Å². The van der Waals surface area contributed by atoms with E-state index in [-0.39, 0.29) is 5.91 Å². The van der Waals surface area contributed by atoms with E-state index in [1.807, 2.05) is 11.8 Å². The van der Waals surface area contributed by atoms with Crippen LogP contribution in [0.25, 0.3) is 0 Å². The zero-order valence-corrected chi connectivity index (χ0v) is 10.1. The number of benzene rings is 1. The Kier molecular flexibility index (Phi) is 3.28. The van der Waals surface area contributed by atoms with Crippen molar-refractivity contribution in [3.63, 3.8) is 0 Å². The van der Waals surface area contributed by atoms with Crippen molar-refractivity contribution >= 4 is 5.91 Å². The molecule has 0 aliphatic carbocycles. The maximum absolute atomic E-state index is 11.4. The number of hydrogen-bond donors (Lipinski definition) is 0. The molecule has 1 saturated heterocycles. The van der Waals surface area contributed by atoms with Gasteiger partial charge in [0.2, 0.25) is 5.91 Å². The fraction of sp³-hybridized carbons (Fsp3) is 0.500. The first kappa shape index (κ1) is 11.2. The van der Waals surface area contributed by atoms with Crippen LogP contribution in [0, 0.1) is 0 Å². The Morgan fingerprint density at radius 3 is 2.38 bits per heavy atom. The third-order valence-corrected chi connectivity index (χ3v) is 3.40. The van der Waals surface area contributed by atoms with Crippen molar-refractivity contribution in [1.29, 1.82) is 0 Å². The third kappa shape index (κ3) is 2.11. The van der Waals surface area contributed by atoms with E-state index in [9.17, 15) is 4.79 Å². The topological polar surface area (TPSA) is 20.3 Å². The van der Waals surface area contributed by atoms with Gasteiger partial charge in [-0.05, 0) is 17.5 Å². The van der Waals surface area contributed by atoms with E-state index in [1.165, 1.54) is 11.1 Å². The number of carbonyl (C=O) groups is 1. The van der Waals surface area contributed by atoms with Gasteiger partial charge in [-0.15, -0.1) is 0 Å². The number of amides is 1. The highest BCUT2D eigenvalue weighted by Gasteiger charge is 2.30. The first-order valence-corrected chi connectivity index (χ1v) is 6.11. The molecule has 0 aromatic heterocycles. The van der Waals surface area contributed by atoms with E-state index in [2.05, 4.69) is 31.2 Å². The second kappa shape index (κ2) is 4.69. The first-order chi connectivity index (χ1) is 7.74. The molecule has 0 unspecified atom stereocenters. The van der Waals surface area contributed by atoms with Gasteiger partial charge in [0.15, 0.2) is 0 Å². The van der Waals surface area contributed by atoms with Gasteiger partial charge in [0.1, 0.15) is 0 Å². The largest absolute Gasteiger partial charge is 0.341 e. The van der Waals surface area contributed by atoms with Crippen LogP contribution in [0.15, 0.2) is 24.3 Å². The first-order valence-electron chi connectivity index (χ1n) is 6.11. The van der Waals surface area contributed by atoms with Crippen molar-refractivity contribution in [3.8, 4) is 0 Å². The molecular weight excluding hydrogens is 198 g/mol. The zero-order chi connectivity index (χ0) is 11.5. The van der Waals surface area contributed by atoms with Crippen LogP contribution in [-0.2, 0) is 11.2 Å². The van der Waals surface area contributed by atoms with Gasteiger partial charge in [0, 0.05) is 25.4 Å². The molecule has 0 spiro atoms. The predicted molar refractivity (Wildman–Crippen MR) is 65.4 cm³/mol. The summed E-state index contributed by atoms with van der Waals surface area (Å²) in [5.41, 5.74) is 2.75. The number of likely N-dealkylation sites (tertiary alicyclic amines) is 1. The summed E-state index contributed by atoms with van der Waals surface area (Å²) in [6, 6.07) is 8.80. The van der Waals surface area contributed by atoms with E-state index in [0.29, 0.717) is 12.3 Å². The number of hydrogen-bond acceptors (Lipinski definition) is 1. The second-order valence-corrected chi connectivity index (χ2v) is 4.44. The average Bonchev–Trinajstić information content (AvgIpc) is 2.27. The van der Waals surface area contributed by atoms with E-state index in [4.69, 9.17) is 0 Å². The summed E-state index contributed by atoms with van der Waals surface area (Å²) in [7, 11) is 0. The van der Waals surface area contributed by atoms with Crippen molar-refractivity contribution in [2.24, 2.45) is 0 Å². The molecule has 2 rings (SSSR count). The van der Waals surface area contributed by atoms with E-state index < -0.39 is 0 Å². The molecule has 86 valence electrons. The number of nitrogens with zero attached hydrogens (tertiary/aromatic N) is 1. The number of aryl methyl sites for hydroxylation is 1. The zero-order valence-electron chi connectivity index (χ0n) is 10.1. The molecule has 0 bridgehead atoms. The average molecular weight is 217 g/mol. The van der Waals surface area contributed by atoms with Gasteiger partial charge >= 0.3 is 0 Å². The van der Waals surface area contributed by atoms with Crippen LogP contribution in [0.3, 0.4) is 0 Å². The Labute approximate surface area is 97.3 Å². The lowest BCUT2D eigenvalue weighted by Crippen LogP contribution is -2.48. The molecule has 1 heterocycles. The third-order valence-electron chi connectivity index (χ3n) is 3.40. The van der Waals surface area contributed by atoms with Crippen LogP contribution in [0.1, 0.15) is 37.3 Å². The van der Waals surface area contributed by atoms with Crippen LogP contribution < -0.4 is 0 Å². The summed E-state index contributed by atoms with van der Waals surface area (Å²) in [4.78, 5) is 13.3. The van der Waals surface area contributed by atoms with Gasteiger partial charge in [-0.3, -0.25) is 4.79 Å². The standard InChI is InChI=1S/C14H19NO/c1-3-11-5-7-12(8-6-11)13-9-15(10-13)14(16)4-2/h5-8,13H,3-4,9-10H2,1-2H3. The van der Waals surface area contributed by atoms with Gasteiger partial charge < -0.3 is 4.90 Å². The molecular formula is C14H19NO. The Bertz CT molecular complexity index is 363. The van der Waals surface area contributed by atoms with Gasteiger partial charge in [0.25, 0.3) is 0 Å². The highest BCUT2D eigenvalue weighted by atomic mass is 16.2. The van der Waals surface area contributed by atoms with Gasteiger partial charge in [-0.25, -0.2) is 0 Å². The molecule has 16 heavy (non-hydrogen) atoms. The minimum atomic E-state index is 0.279. The summed E-state index contributed by atoms with van der Waals surface area (Å²) >= 11 is 0. The Hall–Kier alpha value is -1.31. The van der Waals surface area contributed by atoms with Crippen LogP contribution in [-0.4, -0.2) is 23.9 Å². The fourth-order valence-corrected chi connectivity index (χ4v) is 2.14. The monoisotopic (exact) mass is 217 g/mol. The van der Waals surface area contributed by atoms with Crippen LogP contribution in [0.5, 0.6) is 0 Å². The van der Waals surface area contributed by atoms with E-state index in [0.717, 1.165) is 19.5 Å². The summed E-state index contributed by atoms with van der Waals surface area (Å²) < 4.78 is 0. The molecule has 2 nitrogen and oxygen atoms in total. The molecule has 1 aliphatic heterocycles. The quantitative estimate of drug-likeness (QED) is 0.762. The van der Waals surface area contributed by atoms with Crippen molar-refractivity contribution in [3.05, 3.63) is 35.4 Å². The summed E-state index contributed by atoms with van der Waals surface area (Å²) in [5, 5.41) is 0.